The third kappa shape index (κ3) is 22.1. The molecule has 1 aromatic rings. The van der Waals surface area contributed by atoms with Crippen molar-refractivity contribution in [3.8, 4) is 0 Å². The Kier molecular flexibility index (Phi) is 25.2. The zero-order chi connectivity index (χ0) is 40.6. The number of aryl methyl sites for hydroxylation is 1. The summed E-state index contributed by atoms with van der Waals surface area (Å²) in [5, 5.41) is 0. The summed E-state index contributed by atoms with van der Waals surface area (Å²) < 4.78 is 84.6. The standard InChI is InChI=1S/C36H68FN2O13P3/c1-4-6-8-10-12-13-14-15-16-17-18-19-20-21-23-25-27-48-55(46,47-26-24-22-11-9-7-5-2)52-54(44,45)51-53(42,43)49-30-33-32(37)28-34(50-33)39-29-31(3)35(40)38-36(39)41/h29,32-34H,4-28,30H2,1-3H3,(H,42,43)(H,44,45)(H,38,40,41)/t32?,33-,34-,55?/m1/s1. The Balaban J connectivity index is 1.79. The van der Waals surface area contributed by atoms with E-state index in [1.807, 2.05) is 0 Å². The van der Waals surface area contributed by atoms with Crippen LogP contribution in [0.2, 0.25) is 0 Å². The average Bonchev–Trinajstić information content (AvgIpc) is 3.49. The Labute approximate surface area is 326 Å². The van der Waals surface area contributed by atoms with Crippen LogP contribution < -0.4 is 11.2 Å². The third-order valence-corrected chi connectivity index (χ3v) is 14.2. The molecule has 3 N–H and O–H groups in total. The van der Waals surface area contributed by atoms with Gasteiger partial charge in [0.15, 0.2) is 0 Å². The van der Waals surface area contributed by atoms with Crippen LogP contribution in [0.15, 0.2) is 15.8 Å². The number of nitrogens with one attached hydrogen (secondary N) is 1. The number of ether oxygens (including phenoxy) is 1. The van der Waals surface area contributed by atoms with Crippen LogP contribution in [-0.4, -0.2) is 51.4 Å². The van der Waals surface area contributed by atoms with Crippen molar-refractivity contribution in [1.82, 2.24) is 9.55 Å². The van der Waals surface area contributed by atoms with E-state index in [1.165, 1.54) is 83.7 Å². The van der Waals surface area contributed by atoms with Crippen molar-refractivity contribution in [2.24, 2.45) is 0 Å². The molecule has 1 saturated heterocycles. The molecule has 0 radical (unpaired) electrons. The van der Waals surface area contributed by atoms with Crippen LogP contribution in [0.4, 0.5) is 4.39 Å². The van der Waals surface area contributed by atoms with Gasteiger partial charge in [-0.05, 0) is 19.8 Å². The van der Waals surface area contributed by atoms with Crippen LogP contribution in [0.1, 0.15) is 173 Å². The van der Waals surface area contributed by atoms with Crippen LogP contribution >= 0.6 is 23.5 Å². The van der Waals surface area contributed by atoms with Crippen molar-refractivity contribution < 1.29 is 54.8 Å². The van der Waals surface area contributed by atoms with Gasteiger partial charge in [-0.2, -0.15) is 8.62 Å². The Hall–Kier alpha value is -1.02. The highest BCUT2D eigenvalue weighted by atomic mass is 31.3. The number of unbranched alkanes of at least 4 members (excludes halogenated alkanes) is 20. The second-order valence-electron chi connectivity index (χ2n) is 14.4. The molecular weight excluding hydrogens is 780 g/mol. The number of hydrogen-bond donors (Lipinski definition) is 3. The lowest BCUT2D eigenvalue weighted by Gasteiger charge is -2.22. The predicted octanol–water partition coefficient (Wildman–Crippen LogP) is 10.5. The van der Waals surface area contributed by atoms with Crippen molar-refractivity contribution in [3.63, 3.8) is 0 Å². The lowest BCUT2D eigenvalue weighted by atomic mass is 10.0. The summed E-state index contributed by atoms with van der Waals surface area (Å²) >= 11 is 0. The highest BCUT2D eigenvalue weighted by molar-refractivity contribution is 7.67. The van der Waals surface area contributed by atoms with E-state index in [-0.39, 0.29) is 25.2 Å². The van der Waals surface area contributed by atoms with E-state index in [0.717, 1.165) is 62.4 Å². The minimum absolute atomic E-state index is 0.116. The lowest BCUT2D eigenvalue weighted by Crippen LogP contribution is -2.33. The highest BCUT2D eigenvalue weighted by Gasteiger charge is 2.45. The van der Waals surface area contributed by atoms with Crippen molar-refractivity contribution in [3.05, 3.63) is 32.6 Å². The van der Waals surface area contributed by atoms with Crippen LogP contribution in [0.5, 0.6) is 0 Å². The number of nitrogens with zero attached hydrogens (tertiary/aromatic N) is 1. The molecule has 0 bridgehead atoms. The molecular formula is C36H68FN2O13P3. The smallest absolute Gasteiger partial charge is 0.349 e. The van der Waals surface area contributed by atoms with Crippen LogP contribution in [0.3, 0.4) is 0 Å². The third-order valence-electron chi connectivity index (χ3n) is 9.42. The molecule has 0 amide bonds. The second kappa shape index (κ2) is 27.6. The number of H-pyrrole nitrogens is 1. The first-order valence-corrected chi connectivity index (χ1v) is 24.9. The number of halogens is 1. The van der Waals surface area contributed by atoms with Gasteiger partial charge in [0.05, 0.1) is 19.8 Å². The summed E-state index contributed by atoms with van der Waals surface area (Å²) in [6, 6.07) is 0. The van der Waals surface area contributed by atoms with E-state index in [4.69, 9.17) is 22.6 Å². The molecule has 1 fully saturated rings. The van der Waals surface area contributed by atoms with Crippen LogP contribution in [-0.2, 0) is 40.6 Å². The summed E-state index contributed by atoms with van der Waals surface area (Å²) in [6.45, 7) is 4.61. The maximum absolute atomic E-state index is 14.8. The fraction of sp³-hybridized carbons (Fsp3) is 0.889. The molecule has 0 saturated carbocycles. The number of aromatic amines is 1. The molecule has 0 aliphatic carbocycles. The first kappa shape index (κ1) is 50.1. The molecule has 6 atom stereocenters. The van der Waals surface area contributed by atoms with E-state index in [2.05, 4.69) is 23.1 Å². The molecule has 1 aliphatic heterocycles. The molecule has 4 unspecified atom stereocenters. The predicted molar refractivity (Wildman–Crippen MR) is 210 cm³/mol. The Morgan fingerprint density at radius 3 is 1.60 bits per heavy atom. The molecule has 55 heavy (non-hydrogen) atoms. The van der Waals surface area contributed by atoms with Gasteiger partial charge >= 0.3 is 29.2 Å². The minimum Gasteiger partial charge on any atom is -0.349 e. The lowest BCUT2D eigenvalue weighted by molar-refractivity contribution is -0.0350. The average molecular weight is 849 g/mol. The van der Waals surface area contributed by atoms with E-state index in [0.29, 0.717) is 12.8 Å². The van der Waals surface area contributed by atoms with Gasteiger partial charge in [0, 0.05) is 18.2 Å². The van der Waals surface area contributed by atoms with Gasteiger partial charge in [-0.3, -0.25) is 27.9 Å². The van der Waals surface area contributed by atoms with Gasteiger partial charge in [0.1, 0.15) is 18.5 Å². The normalized spacial score (nSPS) is 20.7. The summed E-state index contributed by atoms with van der Waals surface area (Å²) in [5.74, 6) is 0. The molecule has 2 rings (SSSR count). The first-order valence-electron chi connectivity index (χ1n) is 20.4. The SMILES string of the molecule is CCCCCCCCCCCCCCCCCCOP(=O)(OCCCCCCCC)OP(=O)(O)OP(=O)(O)OC[C@H]1O[C@@H](n2cc(C)c(=O)[nH]c2=O)CC1F. The number of phosphoric ester groups is 2. The quantitative estimate of drug-likeness (QED) is 0.0437. The Bertz CT molecular complexity index is 1460. The van der Waals surface area contributed by atoms with Crippen molar-refractivity contribution >= 4 is 23.5 Å². The second-order valence-corrected chi connectivity index (χ2v) is 19.3. The fourth-order valence-corrected chi connectivity index (χ4v) is 10.4. The topological polar surface area (TPSA) is 202 Å². The molecule has 0 spiro atoms. The molecule has 2 heterocycles. The van der Waals surface area contributed by atoms with E-state index in [1.54, 1.807) is 0 Å². The van der Waals surface area contributed by atoms with Gasteiger partial charge in [-0.25, -0.2) is 22.9 Å². The Morgan fingerprint density at radius 1 is 0.709 bits per heavy atom. The number of aromatic nitrogens is 2. The van der Waals surface area contributed by atoms with Crippen LogP contribution in [0, 0.1) is 6.92 Å². The molecule has 322 valence electrons. The number of hydrogen-bond acceptors (Lipinski definition) is 11. The van der Waals surface area contributed by atoms with Gasteiger partial charge in [-0.1, -0.05) is 142 Å². The summed E-state index contributed by atoms with van der Waals surface area (Å²) in [5.41, 5.74) is -1.29. The molecule has 0 aromatic carbocycles. The zero-order valence-electron chi connectivity index (χ0n) is 33.2. The van der Waals surface area contributed by atoms with Crippen molar-refractivity contribution in [1.29, 1.82) is 0 Å². The van der Waals surface area contributed by atoms with Crippen molar-refractivity contribution in [2.75, 3.05) is 19.8 Å². The first-order chi connectivity index (χ1) is 26.2. The number of alkyl halides is 1. The minimum atomic E-state index is -5.62. The van der Waals surface area contributed by atoms with E-state index in [9.17, 15) is 37.5 Å². The molecule has 1 aromatic heterocycles. The highest BCUT2D eigenvalue weighted by Crippen LogP contribution is 2.69. The zero-order valence-corrected chi connectivity index (χ0v) is 35.9. The molecule has 15 nitrogen and oxygen atoms in total. The largest absolute Gasteiger partial charge is 0.490 e. The van der Waals surface area contributed by atoms with Crippen LogP contribution in [0.25, 0.3) is 0 Å². The maximum atomic E-state index is 14.8. The monoisotopic (exact) mass is 848 g/mol. The van der Waals surface area contributed by atoms with Gasteiger partial charge in [0.2, 0.25) is 0 Å². The number of rotatable bonds is 34. The van der Waals surface area contributed by atoms with Gasteiger partial charge < -0.3 is 14.5 Å². The van der Waals surface area contributed by atoms with Crippen molar-refractivity contribution in [2.45, 2.75) is 187 Å². The summed E-state index contributed by atoms with van der Waals surface area (Å²) in [6.07, 6.45) is 20.4. The van der Waals surface area contributed by atoms with Gasteiger partial charge in [-0.15, -0.1) is 0 Å². The summed E-state index contributed by atoms with van der Waals surface area (Å²) in [4.78, 5) is 46.5. The molecule has 19 heteroatoms. The maximum Gasteiger partial charge on any atom is 0.490 e. The van der Waals surface area contributed by atoms with E-state index < -0.39 is 59.8 Å². The van der Waals surface area contributed by atoms with Gasteiger partial charge in [0.25, 0.3) is 5.56 Å². The Morgan fingerprint density at radius 2 is 1.15 bits per heavy atom. The molecule has 1 aliphatic rings. The fourth-order valence-electron chi connectivity index (χ4n) is 6.24. The van der Waals surface area contributed by atoms with E-state index >= 15 is 0 Å². The number of phosphoric acid groups is 3. The summed E-state index contributed by atoms with van der Waals surface area (Å²) in [7, 11) is -15.8.